The van der Waals surface area contributed by atoms with Gasteiger partial charge in [0.25, 0.3) is 20.2 Å². The van der Waals surface area contributed by atoms with Crippen molar-refractivity contribution in [3.05, 3.63) is 59.7 Å². The lowest BCUT2D eigenvalue weighted by Gasteiger charge is -2.24. The van der Waals surface area contributed by atoms with Gasteiger partial charge in [0, 0.05) is 0 Å². The molecule has 2 atom stereocenters. The molecule has 0 unspecified atom stereocenters. The lowest BCUT2D eigenvalue weighted by atomic mass is 10.2. The first-order chi connectivity index (χ1) is 17.2. The van der Waals surface area contributed by atoms with Crippen molar-refractivity contribution in [1.29, 1.82) is 0 Å². The van der Waals surface area contributed by atoms with Gasteiger partial charge in [-0.05, 0) is 58.9 Å². The van der Waals surface area contributed by atoms with E-state index in [1.54, 1.807) is 45.0 Å². The normalized spacial score (nSPS) is 18.7. The highest BCUT2D eigenvalue weighted by atomic mass is 32.2. The van der Waals surface area contributed by atoms with E-state index in [1.165, 1.54) is 29.2 Å². The molecular weight excluding hydrogens is 522 g/mol. The second-order valence-electron chi connectivity index (χ2n) is 9.79. The van der Waals surface area contributed by atoms with Crippen molar-refractivity contribution in [2.75, 3.05) is 26.3 Å². The maximum absolute atomic E-state index is 12.9. The molecule has 1 aliphatic rings. The Labute approximate surface area is 218 Å². The van der Waals surface area contributed by atoms with Crippen LogP contribution < -0.4 is 0 Å². The largest absolute Gasteiger partial charge is 0.444 e. The SMILES string of the molecule is Cc1ccc(S(=O)(=O)OCCO[C@@H]2CN(C(=O)OC(C)(C)C)C[C@H]2OS(=O)(=O)c2ccc(C)cc2)cc1. The number of aryl methyl sites for hydroxylation is 2. The van der Waals surface area contributed by atoms with Crippen LogP contribution in [0.15, 0.2) is 58.3 Å². The molecule has 12 heteroatoms. The van der Waals surface area contributed by atoms with Crippen molar-refractivity contribution in [2.45, 2.75) is 62.2 Å². The van der Waals surface area contributed by atoms with E-state index in [0.29, 0.717) is 0 Å². The van der Waals surface area contributed by atoms with E-state index in [-0.39, 0.29) is 36.1 Å². The molecule has 10 nitrogen and oxygen atoms in total. The van der Waals surface area contributed by atoms with Gasteiger partial charge in [0.05, 0.1) is 36.1 Å². The van der Waals surface area contributed by atoms with Gasteiger partial charge in [-0.15, -0.1) is 0 Å². The van der Waals surface area contributed by atoms with Crippen LogP contribution in [0, 0.1) is 13.8 Å². The summed E-state index contributed by atoms with van der Waals surface area (Å²) in [4.78, 5) is 13.9. The molecule has 3 rings (SSSR count). The van der Waals surface area contributed by atoms with Gasteiger partial charge in [0.15, 0.2) is 0 Å². The number of amides is 1. The Bertz CT molecular complexity index is 1280. The van der Waals surface area contributed by atoms with Crippen molar-refractivity contribution in [3.8, 4) is 0 Å². The Hall–Kier alpha value is -2.51. The van der Waals surface area contributed by atoms with Gasteiger partial charge in [0.1, 0.15) is 17.8 Å². The number of hydrogen-bond donors (Lipinski definition) is 0. The number of rotatable bonds is 9. The van der Waals surface area contributed by atoms with Crippen LogP contribution in [0.2, 0.25) is 0 Å². The number of carbonyl (C=O) groups is 1. The first kappa shape index (κ1) is 29.1. The lowest BCUT2D eigenvalue weighted by Crippen LogP contribution is -2.36. The molecule has 1 amide bonds. The van der Waals surface area contributed by atoms with Gasteiger partial charge in [-0.3, -0.25) is 8.37 Å². The van der Waals surface area contributed by atoms with E-state index in [2.05, 4.69) is 0 Å². The van der Waals surface area contributed by atoms with E-state index in [0.717, 1.165) is 11.1 Å². The zero-order chi connectivity index (χ0) is 27.4. The minimum absolute atomic E-state index is 0.00624. The fourth-order valence-corrected chi connectivity index (χ4v) is 5.50. The molecule has 0 aliphatic carbocycles. The summed E-state index contributed by atoms with van der Waals surface area (Å²) in [5.41, 5.74) is 1.04. The minimum Gasteiger partial charge on any atom is -0.444 e. The van der Waals surface area contributed by atoms with Crippen molar-refractivity contribution in [1.82, 2.24) is 4.90 Å². The second-order valence-corrected chi connectivity index (χ2v) is 13.0. The average molecular weight is 556 g/mol. The fourth-order valence-electron chi connectivity index (χ4n) is 3.51. The Morgan fingerprint density at radius 2 is 1.30 bits per heavy atom. The Kier molecular flexibility index (Phi) is 9.01. The van der Waals surface area contributed by atoms with Crippen LogP contribution in [0.25, 0.3) is 0 Å². The summed E-state index contributed by atoms with van der Waals surface area (Å²) < 4.78 is 72.2. The molecule has 1 aliphatic heterocycles. The molecule has 1 saturated heterocycles. The maximum atomic E-state index is 12.9. The summed E-state index contributed by atoms with van der Waals surface area (Å²) in [5.74, 6) is 0. The number of ether oxygens (including phenoxy) is 2. The zero-order valence-electron chi connectivity index (χ0n) is 21.5. The van der Waals surface area contributed by atoms with Crippen LogP contribution in [0.4, 0.5) is 4.79 Å². The fraction of sp³-hybridized carbons (Fsp3) is 0.480. The summed E-state index contributed by atoms with van der Waals surface area (Å²) in [5, 5.41) is 0. The first-order valence-corrected chi connectivity index (χ1v) is 14.5. The van der Waals surface area contributed by atoms with E-state index >= 15 is 0 Å². The summed E-state index contributed by atoms with van der Waals surface area (Å²) >= 11 is 0. The molecule has 0 saturated carbocycles. The van der Waals surface area contributed by atoms with Crippen molar-refractivity contribution >= 4 is 26.3 Å². The molecule has 2 aromatic carbocycles. The quantitative estimate of drug-likeness (QED) is 0.338. The van der Waals surface area contributed by atoms with Crippen molar-refractivity contribution in [3.63, 3.8) is 0 Å². The summed E-state index contributed by atoms with van der Waals surface area (Å²) in [6, 6.07) is 12.4. The van der Waals surface area contributed by atoms with E-state index in [4.69, 9.17) is 17.8 Å². The van der Waals surface area contributed by atoms with Crippen LogP contribution in [0.5, 0.6) is 0 Å². The highest BCUT2D eigenvalue weighted by Gasteiger charge is 2.41. The predicted molar refractivity (Wildman–Crippen MR) is 135 cm³/mol. The number of benzene rings is 2. The number of hydrogen-bond acceptors (Lipinski definition) is 9. The third kappa shape index (κ3) is 8.24. The van der Waals surface area contributed by atoms with Crippen molar-refractivity contribution in [2.24, 2.45) is 0 Å². The van der Waals surface area contributed by atoms with Crippen LogP contribution in [-0.4, -0.2) is 71.9 Å². The molecule has 0 bridgehead atoms. The van der Waals surface area contributed by atoms with E-state index in [1.807, 2.05) is 13.8 Å². The Balaban J connectivity index is 1.67. The maximum Gasteiger partial charge on any atom is 0.410 e. The van der Waals surface area contributed by atoms with E-state index < -0.39 is 44.1 Å². The summed E-state index contributed by atoms with van der Waals surface area (Å²) in [7, 11) is -8.15. The third-order valence-electron chi connectivity index (χ3n) is 5.39. The molecule has 1 fully saturated rings. The van der Waals surface area contributed by atoms with Crippen molar-refractivity contribution < 1.29 is 39.5 Å². The molecule has 0 aromatic heterocycles. The van der Waals surface area contributed by atoms with Crippen LogP contribution in [0.1, 0.15) is 31.9 Å². The zero-order valence-corrected chi connectivity index (χ0v) is 23.2. The Morgan fingerprint density at radius 3 is 1.81 bits per heavy atom. The molecule has 1 heterocycles. The third-order valence-corrected chi connectivity index (χ3v) is 8.07. The topological polar surface area (TPSA) is 126 Å². The molecular formula is C25H33NO9S2. The number of carbonyl (C=O) groups excluding carboxylic acids is 1. The second kappa shape index (κ2) is 11.5. The summed E-state index contributed by atoms with van der Waals surface area (Å²) in [6.07, 6.45) is -2.54. The van der Waals surface area contributed by atoms with Crippen LogP contribution in [-0.2, 0) is 38.1 Å². The van der Waals surface area contributed by atoms with Crippen LogP contribution in [0.3, 0.4) is 0 Å². The van der Waals surface area contributed by atoms with Gasteiger partial charge in [-0.2, -0.15) is 16.8 Å². The lowest BCUT2D eigenvalue weighted by molar-refractivity contribution is -0.00791. The summed E-state index contributed by atoms with van der Waals surface area (Å²) in [6.45, 7) is 8.24. The standard InChI is InChI=1S/C25H33NO9S2/c1-18-6-10-20(11-7-18)36(28,29)33-15-14-32-22-16-26(24(27)34-25(3,4)5)17-23(22)35-37(30,31)21-12-8-19(2)9-13-21/h6-13,22-23H,14-17H2,1-5H3/t22-,23-/m1/s1. The van der Waals surface area contributed by atoms with Gasteiger partial charge in [0.2, 0.25) is 0 Å². The van der Waals surface area contributed by atoms with Crippen LogP contribution >= 0.6 is 0 Å². The average Bonchev–Trinajstić information content (AvgIpc) is 3.18. The predicted octanol–water partition coefficient (Wildman–Crippen LogP) is 3.42. The number of likely N-dealkylation sites (tertiary alicyclic amines) is 1. The molecule has 37 heavy (non-hydrogen) atoms. The van der Waals surface area contributed by atoms with Gasteiger partial charge >= 0.3 is 6.09 Å². The molecule has 0 radical (unpaired) electrons. The molecule has 2 aromatic rings. The number of nitrogens with zero attached hydrogens (tertiary/aromatic N) is 1. The highest BCUT2D eigenvalue weighted by molar-refractivity contribution is 7.87. The van der Waals surface area contributed by atoms with Gasteiger partial charge in [-0.25, -0.2) is 4.79 Å². The van der Waals surface area contributed by atoms with Gasteiger partial charge < -0.3 is 14.4 Å². The van der Waals surface area contributed by atoms with Gasteiger partial charge in [-0.1, -0.05) is 35.4 Å². The van der Waals surface area contributed by atoms with E-state index in [9.17, 15) is 21.6 Å². The molecule has 0 spiro atoms. The minimum atomic E-state index is -4.16. The first-order valence-electron chi connectivity index (χ1n) is 11.7. The Morgan fingerprint density at radius 1 is 0.811 bits per heavy atom. The smallest absolute Gasteiger partial charge is 0.410 e. The molecule has 204 valence electrons. The highest BCUT2D eigenvalue weighted by Crippen LogP contribution is 2.24. The monoisotopic (exact) mass is 555 g/mol. The molecule has 0 N–H and O–H groups in total.